The van der Waals surface area contributed by atoms with Crippen LogP contribution in [0.1, 0.15) is 99.6 Å². The summed E-state index contributed by atoms with van der Waals surface area (Å²) in [6, 6.07) is 32.7. The van der Waals surface area contributed by atoms with Crippen LogP contribution in [0.3, 0.4) is 0 Å². The van der Waals surface area contributed by atoms with Gasteiger partial charge in [0.25, 0.3) is 0 Å². The molecule has 6 rings (SSSR count). The smallest absolute Gasteiger partial charge is 0.0102 e. The summed E-state index contributed by atoms with van der Waals surface area (Å²) in [5.41, 5.74) is 15.0. The second-order valence-corrected chi connectivity index (χ2v) is 13.0. The molecule has 0 bridgehead atoms. The Labute approximate surface area is 266 Å². The Balaban J connectivity index is 0.00000140. The SMILES string of the molecule is CC(C)(C)c1ccc2c(c1)C(CCC1c3ccccc3-c3ccc(C(C)(C)C)cc31)c1ccccc1-2.[Cl-].[Cl-].[Hf]. The Morgan fingerprint density at radius 2 is 0.795 bits per heavy atom. The second-order valence-electron chi connectivity index (χ2n) is 13.0. The zero-order chi connectivity index (χ0) is 25.2. The molecule has 0 heterocycles. The van der Waals surface area contributed by atoms with Crippen molar-refractivity contribution >= 4 is 0 Å². The molecule has 202 valence electrons. The Hall–Kier alpha value is -1.67. The monoisotopic (exact) mass is 720 g/mol. The van der Waals surface area contributed by atoms with Crippen molar-refractivity contribution in [3.8, 4) is 22.3 Å². The summed E-state index contributed by atoms with van der Waals surface area (Å²) in [4.78, 5) is 0. The van der Waals surface area contributed by atoms with Gasteiger partial charge in [0.2, 0.25) is 0 Å². The van der Waals surface area contributed by atoms with Crippen molar-refractivity contribution in [2.24, 2.45) is 0 Å². The van der Waals surface area contributed by atoms with Crippen molar-refractivity contribution in [3.63, 3.8) is 0 Å². The normalized spacial score (nSPS) is 16.6. The van der Waals surface area contributed by atoms with E-state index in [9.17, 15) is 0 Å². The van der Waals surface area contributed by atoms with E-state index in [0.717, 1.165) is 12.8 Å². The largest absolute Gasteiger partial charge is 1.00 e. The molecular formula is C36H38Cl2Hf-2. The molecule has 4 aromatic carbocycles. The van der Waals surface area contributed by atoms with Gasteiger partial charge in [0, 0.05) is 37.7 Å². The number of rotatable bonds is 3. The van der Waals surface area contributed by atoms with Crippen LogP contribution >= 0.6 is 0 Å². The predicted octanol–water partition coefficient (Wildman–Crippen LogP) is 3.99. The van der Waals surface area contributed by atoms with Crippen LogP contribution in [0, 0.1) is 0 Å². The first-order valence-electron chi connectivity index (χ1n) is 13.6. The number of benzene rings is 4. The Kier molecular flexibility index (Phi) is 9.53. The van der Waals surface area contributed by atoms with Crippen LogP contribution in [-0.2, 0) is 36.7 Å². The van der Waals surface area contributed by atoms with Gasteiger partial charge in [-0.3, -0.25) is 0 Å². The van der Waals surface area contributed by atoms with Gasteiger partial charge in [0.1, 0.15) is 0 Å². The molecule has 0 N–H and O–H groups in total. The molecular weight excluding hydrogens is 682 g/mol. The Morgan fingerprint density at radius 1 is 0.462 bits per heavy atom. The van der Waals surface area contributed by atoms with Gasteiger partial charge >= 0.3 is 0 Å². The molecule has 0 aromatic heterocycles. The molecule has 0 saturated heterocycles. The summed E-state index contributed by atoms with van der Waals surface area (Å²) in [5, 5.41) is 0. The first-order chi connectivity index (χ1) is 17.1. The Morgan fingerprint density at radius 3 is 1.15 bits per heavy atom. The van der Waals surface area contributed by atoms with E-state index in [1.165, 1.54) is 55.6 Å². The van der Waals surface area contributed by atoms with E-state index in [2.05, 4.69) is 126 Å². The minimum Gasteiger partial charge on any atom is -1.00 e. The van der Waals surface area contributed by atoms with Crippen LogP contribution in [0.4, 0.5) is 0 Å². The summed E-state index contributed by atoms with van der Waals surface area (Å²) < 4.78 is 0. The molecule has 39 heavy (non-hydrogen) atoms. The third kappa shape index (κ3) is 5.61. The molecule has 4 aromatic rings. The van der Waals surface area contributed by atoms with Crippen molar-refractivity contribution < 1.29 is 50.7 Å². The molecule has 2 aliphatic carbocycles. The van der Waals surface area contributed by atoms with Crippen LogP contribution in [-0.4, -0.2) is 0 Å². The molecule has 2 unspecified atom stereocenters. The summed E-state index contributed by atoms with van der Waals surface area (Å²) in [6.07, 6.45) is 2.32. The average molecular weight is 720 g/mol. The van der Waals surface area contributed by atoms with Gasteiger partial charge < -0.3 is 24.8 Å². The molecule has 0 aliphatic heterocycles. The Bertz CT molecular complexity index is 1360. The fourth-order valence-electron chi connectivity index (χ4n) is 6.51. The quantitative estimate of drug-likeness (QED) is 0.281. The van der Waals surface area contributed by atoms with E-state index < -0.39 is 0 Å². The predicted molar refractivity (Wildman–Crippen MR) is 154 cm³/mol. The standard InChI is InChI=1S/C36H38.2ClH.Hf/c1-35(2,3)23-15-17-29-25-11-7-9-13-27(25)31(33(29)21-23)19-20-32-28-14-10-8-12-26(28)30-18-16-24(22-34(30)32)36(4,5)6;;;/h7-18,21-22,31-32H,19-20H2,1-6H3;2*1H;/p-2. The average Bonchev–Trinajstić information content (AvgIpc) is 3.33. The minimum atomic E-state index is 0. The fourth-order valence-corrected chi connectivity index (χ4v) is 6.51. The summed E-state index contributed by atoms with van der Waals surface area (Å²) in [6.45, 7) is 13.9. The minimum absolute atomic E-state index is 0. The van der Waals surface area contributed by atoms with Gasteiger partial charge in [0.15, 0.2) is 0 Å². The van der Waals surface area contributed by atoms with Crippen LogP contribution in [0.2, 0.25) is 0 Å². The van der Waals surface area contributed by atoms with Crippen LogP contribution in [0.15, 0.2) is 84.9 Å². The van der Waals surface area contributed by atoms with E-state index in [1.807, 2.05) is 0 Å². The first kappa shape index (κ1) is 31.9. The van der Waals surface area contributed by atoms with Crippen LogP contribution in [0.5, 0.6) is 0 Å². The maximum Gasteiger partial charge on any atom is 0.0102 e. The molecule has 2 atom stereocenters. The fraction of sp³-hybridized carbons (Fsp3) is 0.333. The van der Waals surface area contributed by atoms with Gasteiger partial charge in [0.05, 0.1) is 0 Å². The van der Waals surface area contributed by atoms with E-state index >= 15 is 0 Å². The van der Waals surface area contributed by atoms with Gasteiger partial charge in [-0.15, -0.1) is 0 Å². The third-order valence-electron chi connectivity index (χ3n) is 8.58. The molecule has 2 aliphatic rings. The van der Waals surface area contributed by atoms with Crippen LogP contribution < -0.4 is 24.8 Å². The van der Waals surface area contributed by atoms with Gasteiger partial charge in [-0.1, -0.05) is 126 Å². The zero-order valence-electron chi connectivity index (χ0n) is 23.9. The van der Waals surface area contributed by atoms with Crippen molar-refractivity contribution in [3.05, 3.63) is 118 Å². The number of hydrogen-bond acceptors (Lipinski definition) is 0. The van der Waals surface area contributed by atoms with E-state index in [4.69, 9.17) is 0 Å². The zero-order valence-corrected chi connectivity index (χ0v) is 29.0. The number of halogens is 2. The summed E-state index contributed by atoms with van der Waals surface area (Å²) in [7, 11) is 0. The van der Waals surface area contributed by atoms with E-state index in [-0.39, 0.29) is 61.5 Å². The topological polar surface area (TPSA) is 0 Å². The van der Waals surface area contributed by atoms with Gasteiger partial charge in [-0.25, -0.2) is 0 Å². The van der Waals surface area contributed by atoms with Crippen molar-refractivity contribution in [2.45, 2.75) is 77.0 Å². The molecule has 0 amide bonds. The van der Waals surface area contributed by atoms with Crippen molar-refractivity contribution in [1.82, 2.24) is 0 Å². The maximum atomic E-state index is 2.51. The maximum absolute atomic E-state index is 2.51. The number of fused-ring (bicyclic) bond motifs is 6. The molecule has 0 saturated carbocycles. The van der Waals surface area contributed by atoms with Crippen LogP contribution in [0.25, 0.3) is 22.3 Å². The van der Waals surface area contributed by atoms with Gasteiger partial charge in [-0.05, 0) is 79.3 Å². The van der Waals surface area contributed by atoms with E-state index in [0.29, 0.717) is 11.8 Å². The third-order valence-corrected chi connectivity index (χ3v) is 8.58. The molecule has 0 radical (unpaired) electrons. The number of hydrogen-bond donors (Lipinski definition) is 0. The molecule has 0 spiro atoms. The first-order valence-corrected chi connectivity index (χ1v) is 13.6. The molecule has 0 nitrogen and oxygen atoms in total. The molecule has 3 heteroatoms. The summed E-state index contributed by atoms with van der Waals surface area (Å²) >= 11 is 0. The molecule has 0 fully saturated rings. The van der Waals surface area contributed by atoms with E-state index in [1.54, 1.807) is 0 Å². The summed E-state index contributed by atoms with van der Waals surface area (Å²) in [5.74, 6) is 0.918. The van der Waals surface area contributed by atoms with Crippen molar-refractivity contribution in [2.75, 3.05) is 0 Å². The second kappa shape index (κ2) is 11.7. The van der Waals surface area contributed by atoms with Crippen molar-refractivity contribution in [1.29, 1.82) is 0 Å². The van der Waals surface area contributed by atoms with Gasteiger partial charge in [-0.2, -0.15) is 0 Å².